The minimum atomic E-state index is -3.71. The standard InChI is InChI=1S/C23H20N4O4S/c1-15-6-12-18(13-7-15)32(30,31)27-17-10-8-16(9-11-17)22-25-20-5-3-2-4-19(20)23(26-22)24-14-21(28)29/h2-13,27H,14H2,1H3,(H,28,29)(H,24,25,26). The number of sulfonamides is 1. The molecular formula is C23H20N4O4S. The lowest BCUT2D eigenvalue weighted by Gasteiger charge is -2.11. The Morgan fingerprint density at radius 1 is 0.938 bits per heavy atom. The highest BCUT2D eigenvalue weighted by atomic mass is 32.2. The third kappa shape index (κ3) is 4.68. The number of fused-ring (bicyclic) bond motifs is 1. The summed E-state index contributed by atoms with van der Waals surface area (Å²) in [5, 5.41) is 12.5. The second kappa shape index (κ2) is 8.64. The van der Waals surface area contributed by atoms with Crippen LogP contribution in [-0.2, 0) is 14.8 Å². The Morgan fingerprint density at radius 2 is 1.62 bits per heavy atom. The van der Waals surface area contributed by atoms with E-state index in [9.17, 15) is 13.2 Å². The van der Waals surface area contributed by atoms with Gasteiger partial charge in [0.05, 0.1) is 10.4 Å². The molecule has 1 heterocycles. The van der Waals surface area contributed by atoms with Gasteiger partial charge in [0.15, 0.2) is 5.82 Å². The molecule has 32 heavy (non-hydrogen) atoms. The molecule has 0 aliphatic rings. The smallest absolute Gasteiger partial charge is 0.322 e. The molecule has 4 aromatic rings. The molecule has 0 saturated heterocycles. The third-order valence-electron chi connectivity index (χ3n) is 4.74. The fourth-order valence-electron chi connectivity index (χ4n) is 3.12. The zero-order valence-corrected chi connectivity index (χ0v) is 17.9. The summed E-state index contributed by atoms with van der Waals surface area (Å²) in [6.45, 7) is 1.61. The Balaban J connectivity index is 1.62. The zero-order chi connectivity index (χ0) is 22.7. The first-order chi connectivity index (χ1) is 15.3. The number of anilines is 2. The molecule has 8 nitrogen and oxygen atoms in total. The van der Waals surface area contributed by atoms with Gasteiger partial charge in [-0.05, 0) is 55.5 Å². The number of carboxylic acid groups (broad SMARTS) is 1. The number of aromatic nitrogens is 2. The summed E-state index contributed by atoms with van der Waals surface area (Å²) in [7, 11) is -3.71. The van der Waals surface area contributed by atoms with E-state index < -0.39 is 16.0 Å². The van der Waals surface area contributed by atoms with Gasteiger partial charge in [0, 0.05) is 16.6 Å². The van der Waals surface area contributed by atoms with Gasteiger partial charge in [-0.1, -0.05) is 29.8 Å². The number of nitrogens with zero attached hydrogens (tertiary/aromatic N) is 2. The molecule has 9 heteroatoms. The quantitative estimate of drug-likeness (QED) is 0.392. The number of hydrogen-bond donors (Lipinski definition) is 3. The summed E-state index contributed by atoms with van der Waals surface area (Å²) >= 11 is 0. The summed E-state index contributed by atoms with van der Waals surface area (Å²) < 4.78 is 27.7. The number of carbonyl (C=O) groups is 1. The van der Waals surface area contributed by atoms with Crippen LogP contribution < -0.4 is 10.0 Å². The van der Waals surface area contributed by atoms with E-state index >= 15 is 0 Å². The van der Waals surface area contributed by atoms with Gasteiger partial charge in [-0.15, -0.1) is 0 Å². The zero-order valence-electron chi connectivity index (χ0n) is 17.1. The molecule has 0 unspecified atom stereocenters. The van der Waals surface area contributed by atoms with Gasteiger partial charge in [0.1, 0.15) is 12.4 Å². The van der Waals surface area contributed by atoms with E-state index in [1.165, 1.54) is 0 Å². The van der Waals surface area contributed by atoms with E-state index in [1.54, 1.807) is 48.5 Å². The average Bonchev–Trinajstić information content (AvgIpc) is 2.78. The maximum absolute atomic E-state index is 12.6. The number of para-hydroxylation sites is 1. The first-order valence-electron chi connectivity index (χ1n) is 9.74. The molecule has 3 aromatic carbocycles. The summed E-state index contributed by atoms with van der Waals surface area (Å²) in [5.74, 6) is -0.193. The number of rotatable bonds is 7. The highest BCUT2D eigenvalue weighted by Gasteiger charge is 2.15. The van der Waals surface area contributed by atoms with Crippen LogP contribution in [0.3, 0.4) is 0 Å². The molecule has 3 N–H and O–H groups in total. The summed E-state index contributed by atoms with van der Waals surface area (Å²) in [4.78, 5) is 20.2. The molecule has 1 aromatic heterocycles. The normalized spacial score (nSPS) is 11.3. The average molecular weight is 449 g/mol. The topological polar surface area (TPSA) is 121 Å². The van der Waals surface area contributed by atoms with Gasteiger partial charge >= 0.3 is 5.97 Å². The molecule has 0 atom stereocenters. The highest BCUT2D eigenvalue weighted by Crippen LogP contribution is 2.26. The van der Waals surface area contributed by atoms with Crippen LogP contribution in [0.2, 0.25) is 0 Å². The molecule has 0 spiro atoms. The van der Waals surface area contributed by atoms with Crippen LogP contribution in [0.4, 0.5) is 11.5 Å². The van der Waals surface area contributed by atoms with E-state index in [1.807, 2.05) is 31.2 Å². The van der Waals surface area contributed by atoms with Crippen LogP contribution in [0, 0.1) is 6.92 Å². The SMILES string of the molecule is Cc1ccc(S(=O)(=O)Nc2ccc(-c3nc(NCC(=O)O)c4ccccc4n3)cc2)cc1. The van der Waals surface area contributed by atoms with Gasteiger partial charge < -0.3 is 10.4 Å². The molecule has 0 radical (unpaired) electrons. The van der Waals surface area contributed by atoms with E-state index in [0.717, 1.165) is 5.56 Å². The molecule has 0 bridgehead atoms. The van der Waals surface area contributed by atoms with Crippen molar-refractivity contribution < 1.29 is 18.3 Å². The van der Waals surface area contributed by atoms with Gasteiger partial charge in [-0.3, -0.25) is 9.52 Å². The predicted molar refractivity (Wildman–Crippen MR) is 123 cm³/mol. The van der Waals surface area contributed by atoms with Crippen LogP contribution in [0.5, 0.6) is 0 Å². The maximum atomic E-state index is 12.6. The lowest BCUT2D eigenvalue weighted by atomic mass is 10.1. The Kier molecular flexibility index (Phi) is 5.74. The van der Waals surface area contributed by atoms with Crippen molar-refractivity contribution in [3.63, 3.8) is 0 Å². The van der Waals surface area contributed by atoms with Crippen molar-refractivity contribution in [2.45, 2.75) is 11.8 Å². The number of hydrogen-bond acceptors (Lipinski definition) is 6. The molecule has 4 rings (SSSR count). The molecule has 0 aliphatic carbocycles. The molecule has 0 aliphatic heterocycles. The predicted octanol–water partition coefficient (Wildman–Crippen LogP) is 3.90. The van der Waals surface area contributed by atoms with Gasteiger partial charge in [-0.2, -0.15) is 0 Å². The minimum Gasteiger partial charge on any atom is -0.480 e. The Morgan fingerprint density at radius 3 is 2.31 bits per heavy atom. The van der Waals surface area contributed by atoms with E-state index in [2.05, 4.69) is 20.0 Å². The monoisotopic (exact) mass is 448 g/mol. The molecular weight excluding hydrogens is 428 g/mol. The van der Waals surface area contributed by atoms with Gasteiger partial charge in [0.2, 0.25) is 0 Å². The van der Waals surface area contributed by atoms with Crippen LogP contribution in [0.25, 0.3) is 22.3 Å². The summed E-state index contributed by atoms with van der Waals surface area (Å²) in [5.41, 5.74) is 2.70. The van der Waals surface area contributed by atoms with Crippen LogP contribution >= 0.6 is 0 Å². The molecule has 162 valence electrons. The second-order valence-electron chi connectivity index (χ2n) is 7.16. The minimum absolute atomic E-state index is 0.180. The largest absolute Gasteiger partial charge is 0.480 e. The Hall–Kier alpha value is -3.98. The van der Waals surface area contributed by atoms with Crippen LogP contribution in [0.1, 0.15) is 5.56 Å². The summed E-state index contributed by atoms with van der Waals surface area (Å²) in [6, 6.07) is 20.6. The number of aliphatic carboxylic acids is 1. The fraction of sp³-hybridized carbons (Fsp3) is 0.0870. The number of aryl methyl sites for hydroxylation is 1. The van der Waals surface area contributed by atoms with Crippen molar-refractivity contribution >= 4 is 38.4 Å². The van der Waals surface area contributed by atoms with Crippen molar-refractivity contribution in [1.82, 2.24) is 9.97 Å². The van der Waals surface area contributed by atoms with E-state index in [-0.39, 0.29) is 11.4 Å². The van der Waals surface area contributed by atoms with Crippen molar-refractivity contribution in [3.05, 3.63) is 78.4 Å². The Labute approximate surface area is 185 Å². The Bertz CT molecular complexity index is 1390. The van der Waals surface area contributed by atoms with E-state index in [4.69, 9.17) is 5.11 Å². The van der Waals surface area contributed by atoms with Gasteiger partial charge in [0.25, 0.3) is 10.0 Å². The third-order valence-corrected chi connectivity index (χ3v) is 6.13. The van der Waals surface area contributed by atoms with Crippen molar-refractivity contribution in [3.8, 4) is 11.4 Å². The van der Waals surface area contributed by atoms with Crippen molar-refractivity contribution in [2.75, 3.05) is 16.6 Å². The first-order valence-corrected chi connectivity index (χ1v) is 11.2. The van der Waals surface area contributed by atoms with Crippen LogP contribution in [-0.4, -0.2) is 36.0 Å². The second-order valence-corrected chi connectivity index (χ2v) is 8.84. The highest BCUT2D eigenvalue weighted by molar-refractivity contribution is 7.92. The van der Waals surface area contributed by atoms with Crippen molar-refractivity contribution in [2.24, 2.45) is 0 Å². The van der Waals surface area contributed by atoms with Crippen LogP contribution in [0.15, 0.2) is 77.7 Å². The lowest BCUT2D eigenvalue weighted by molar-refractivity contribution is -0.134. The number of benzene rings is 3. The van der Waals surface area contributed by atoms with Gasteiger partial charge in [-0.25, -0.2) is 18.4 Å². The molecule has 0 amide bonds. The lowest BCUT2D eigenvalue weighted by Crippen LogP contribution is -2.14. The summed E-state index contributed by atoms with van der Waals surface area (Å²) in [6.07, 6.45) is 0. The first kappa shape index (κ1) is 21.3. The fourth-order valence-corrected chi connectivity index (χ4v) is 4.18. The molecule has 0 fully saturated rings. The maximum Gasteiger partial charge on any atom is 0.322 e. The van der Waals surface area contributed by atoms with E-state index in [0.29, 0.717) is 33.8 Å². The van der Waals surface area contributed by atoms with Crippen molar-refractivity contribution in [1.29, 1.82) is 0 Å². The number of nitrogens with one attached hydrogen (secondary N) is 2. The number of carboxylic acids is 1. The molecule has 0 saturated carbocycles.